The predicted octanol–water partition coefficient (Wildman–Crippen LogP) is 1.26. The van der Waals surface area contributed by atoms with Gasteiger partial charge in [0.25, 0.3) is 0 Å². The third-order valence-electron chi connectivity index (χ3n) is 1.57. The second kappa shape index (κ2) is 5.03. The Morgan fingerprint density at radius 3 is 2.20 bits per heavy atom. The monoisotopic (exact) mass is 252 g/mol. The van der Waals surface area contributed by atoms with Gasteiger partial charge in [-0.3, -0.25) is 9.09 Å². The van der Waals surface area contributed by atoms with Crippen LogP contribution >= 0.6 is 15.9 Å². The zero-order chi connectivity index (χ0) is 11.5. The summed E-state index contributed by atoms with van der Waals surface area (Å²) < 4.78 is 25.7. The molecule has 0 bridgehead atoms. The molecule has 0 aliphatic heterocycles. The molecule has 84 valence electrons. The molecule has 0 amide bonds. The lowest BCUT2D eigenvalue weighted by atomic mass is 10.2. The molecule has 6 nitrogen and oxygen atoms in total. The van der Waals surface area contributed by atoms with Gasteiger partial charge in [-0.15, -0.1) is 0 Å². The van der Waals surface area contributed by atoms with E-state index in [4.69, 9.17) is 14.7 Å². The minimum atomic E-state index is -4.78. The number of hydrogen-bond acceptors (Lipinski definition) is 3. The largest absolute Gasteiger partial charge is 0.470 e. The van der Waals surface area contributed by atoms with E-state index in [2.05, 4.69) is 4.52 Å². The predicted molar refractivity (Wildman–Crippen MR) is 53.5 cm³/mol. The molecule has 0 fully saturated rings. The maximum Gasteiger partial charge on any atom is 0.470 e. The van der Waals surface area contributed by atoms with Crippen LogP contribution < -0.4 is 0 Å². The SMILES string of the molecule is O=[PH](O)C(OP(=O)(O)O)c1ccccc1. The van der Waals surface area contributed by atoms with Crippen LogP contribution in [0, 0.1) is 0 Å². The molecule has 0 saturated heterocycles. The second-order valence-electron chi connectivity index (χ2n) is 2.72. The third kappa shape index (κ3) is 4.26. The first kappa shape index (κ1) is 12.6. The normalized spacial score (nSPS) is 15.9. The molecule has 0 radical (unpaired) electrons. The standard InChI is InChI=1S/C7H10O6P2/c8-14(9)7(13-15(10,11)12)6-4-2-1-3-5-6/h1-5,7,14H,(H,8,9)(H2,10,11,12). The Balaban J connectivity index is 2.95. The van der Waals surface area contributed by atoms with Gasteiger partial charge in [-0.05, 0) is 5.56 Å². The molecule has 0 aliphatic rings. The first-order chi connectivity index (χ1) is 6.90. The Kier molecular flexibility index (Phi) is 4.22. The average molecular weight is 252 g/mol. The van der Waals surface area contributed by atoms with Crippen LogP contribution in [0.4, 0.5) is 0 Å². The average Bonchev–Trinajstić information content (AvgIpc) is 2.14. The first-order valence-corrected chi connectivity index (χ1v) is 6.88. The quantitative estimate of drug-likeness (QED) is 0.697. The van der Waals surface area contributed by atoms with E-state index in [0.29, 0.717) is 0 Å². The van der Waals surface area contributed by atoms with Crippen LogP contribution in [0.3, 0.4) is 0 Å². The van der Waals surface area contributed by atoms with Crippen molar-refractivity contribution in [3.8, 4) is 0 Å². The van der Waals surface area contributed by atoms with Gasteiger partial charge in [-0.1, -0.05) is 30.3 Å². The summed E-state index contributed by atoms with van der Waals surface area (Å²) in [7, 11) is -8.00. The van der Waals surface area contributed by atoms with Crippen molar-refractivity contribution in [2.45, 2.75) is 5.85 Å². The van der Waals surface area contributed by atoms with Crippen molar-refractivity contribution in [3.63, 3.8) is 0 Å². The summed E-state index contributed by atoms with van der Waals surface area (Å²) in [5.74, 6) is -1.47. The highest BCUT2D eigenvalue weighted by Gasteiger charge is 2.27. The summed E-state index contributed by atoms with van der Waals surface area (Å²) in [5.41, 5.74) is 0.257. The molecule has 0 saturated carbocycles. The number of benzene rings is 1. The van der Waals surface area contributed by atoms with Crippen molar-refractivity contribution in [1.82, 2.24) is 0 Å². The van der Waals surface area contributed by atoms with Gasteiger partial charge in [0, 0.05) is 0 Å². The molecule has 1 rings (SSSR count). The fourth-order valence-electron chi connectivity index (χ4n) is 1.01. The molecule has 0 heterocycles. The first-order valence-electron chi connectivity index (χ1n) is 3.92. The third-order valence-corrected chi connectivity index (χ3v) is 3.15. The van der Waals surface area contributed by atoms with Gasteiger partial charge in [-0.2, -0.15) is 0 Å². The van der Waals surface area contributed by atoms with Gasteiger partial charge < -0.3 is 14.7 Å². The maximum atomic E-state index is 10.9. The van der Waals surface area contributed by atoms with Crippen LogP contribution in [0.15, 0.2) is 30.3 Å². The Bertz CT molecular complexity index is 386. The zero-order valence-electron chi connectivity index (χ0n) is 7.48. The summed E-state index contributed by atoms with van der Waals surface area (Å²) >= 11 is 0. The molecule has 15 heavy (non-hydrogen) atoms. The van der Waals surface area contributed by atoms with Crippen LogP contribution in [0.2, 0.25) is 0 Å². The molecule has 0 aliphatic carbocycles. The van der Waals surface area contributed by atoms with Crippen LogP contribution in [-0.2, 0) is 13.7 Å². The van der Waals surface area contributed by atoms with Gasteiger partial charge >= 0.3 is 7.82 Å². The van der Waals surface area contributed by atoms with Crippen molar-refractivity contribution in [2.75, 3.05) is 0 Å². The summed E-state index contributed by atoms with van der Waals surface area (Å²) in [5, 5.41) is 0. The minimum absolute atomic E-state index is 0.257. The van der Waals surface area contributed by atoms with Gasteiger partial charge in [0.2, 0.25) is 8.03 Å². The van der Waals surface area contributed by atoms with Crippen molar-refractivity contribution in [1.29, 1.82) is 0 Å². The van der Waals surface area contributed by atoms with Crippen LogP contribution in [0.1, 0.15) is 11.4 Å². The molecule has 1 aromatic rings. The van der Waals surface area contributed by atoms with E-state index < -0.39 is 21.7 Å². The smallest absolute Gasteiger partial charge is 0.344 e. The molecular formula is C7H10O6P2. The van der Waals surface area contributed by atoms with E-state index in [1.165, 1.54) is 12.1 Å². The maximum absolute atomic E-state index is 10.9. The van der Waals surface area contributed by atoms with Crippen molar-refractivity contribution in [2.24, 2.45) is 0 Å². The van der Waals surface area contributed by atoms with Crippen LogP contribution in [-0.4, -0.2) is 14.7 Å². The second-order valence-corrected chi connectivity index (χ2v) is 5.12. The lowest BCUT2D eigenvalue weighted by Crippen LogP contribution is -1.98. The summed E-state index contributed by atoms with van der Waals surface area (Å²) in [6.45, 7) is 0. The molecule has 2 atom stereocenters. The van der Waals surface area contributed by atoms with E-state index >= 15 is 0 Å². The van der Waals surface area contributed by atoms with Gasteiger partial charge in [0.05, 0.1) is 0 Å². The Hall–Kier alpha value is -0.480. The Labute approximate surface area is 86.6 Å². The van der Waals surface area contributed by atoms with E-state index in [9.17, 15) is 9.13 Å². The van der Waals surface area contributed by atoms with Crippen LogP contribution in [0.5, 0.6) is 0 Å². The van der Waals surface area contributed by atoms with Crippen molar-refractivity contribution in [3.05, 3.63) is 35.9 Å². The van der Waals surface area contributed by atoms with Crippen LogP contribution in [0.25, 0.3) is 0 Å². The number of phosphoric acid groups is 1. The highest BCUT2D eigenvalue weighted by molar-refractivity contribution is 7.47. The fraction of sp³-hybridized carbons (Fsp3) is 0.143. The zero-order valence-corrected chi connectivity index (χ0v) is 9.37. The molecular weight excluding hydrogens is 242 g/mol. The van der Waals surface area contributed by atoms with Gasteiger partial charge in [0.15, 0.2) is 5.85 Å². The molecule has 0 spiro atoms. The lowest BCUT2D eigenvalue weighted by molar-refractivity contribution is 0.172. The molecule has 0 aromatic heterocycles. The summed E-state index contributed by atoms with van der Waals surface area (Å²) in [6.07, 6.45) is 0. The molecule has 1 aromatic carbocycles. The van der Waals surface area contributed by atoms with Gasteiger partial charge in [0.1, 0.15) is 0 Å². The summed E-state index contributed by atoms with van der Waals surface area (Å²) in [4.78, 5) is 26.0. The van der Waals surface area contributed by atoms with E-state index in [0.717, 1.165) is 0 Å². The minimum Gasteiger partial charge on any atom is -0.344 e. The van der Waals surface area contributed by atoms with E-state index in [1.807, 2.05) is 0 Å². The summed E-state index contributed by atoms with van der Waals surface area (Å²) in [6, 6.07) is 7.75. The van der Waals surface area contributed by atoms with E-state index in [1.54, 1.807) is 18.2 Å². The van der Waals surface area contributed by atoms with E-state index in [-0.39, 0.29) is 5.56 Å². The number of phosphoric ester groups is 1. The van der Waals surface area contributed by atoms with Gasteiger partial charge in [-0.25, -0.2) is 4.57 Å². The Morgan fingerprint density at radius 2 is 1.80 bits per heavy atom. The molecule has 3 N–H and O–H groups in total. The number of hydrogen-bond donors (Lipinski definition) is 3. The molecule has 8 heteroatoms. The van der Waals surface area contributed by atoms with Crippen molar-refractivity contribution < 1.29 is 28.3 Å². The topological polar surface area (TPSA) is 104 Å². The molecule has 2 unspecified atom stereocenters. The highest BCUT2D eigenvalue weighted by Crippen LogP contribution is 2.50. The number of rotatable bonds is 4. The fourth-order valence-corrected chi connectivity index (χ4v) is 2.66. The highest BCUT2D eigenvalue weighted by atomic mass is 31.2. The Morgan fingerprint density at radius 1 is 1.27 bits per heavy atom. The lowest BCUT2D eigenvalue weighted by Gasteiger charge is -2.15. The van der Waals surface area contributed by atoms with Crippen molar-refractivity contribution >= 4 is 15.9 Å².